The van der Waals surface area contributed by atoms with Crippen LogP contribution in [0.3, 0.4) is 0 Å². The summed E-state index contributed by atoms with van der Waals surface area (Å²) in [6.07, 6.45) is -0.228. The highest BCUT2D eigenvalue weighted by atomic mass is 32.2. The van der Waals surface area contributed by atoms with E-state index in [0.29, 0.717) is 18.6 Å². The van der Waals surface area contributed by atoms with E-state index < -0.39 is 44.2 Å². The molecule has 1 aliphatic heterocycles. The van der Waals surface area contributed by atoms with Crippen LogP contribution in [0.25, 0.3) is 10.4 Å². The van der Waals surface area contributed by atoms with E-state index in [2.05, 4.69) is 61.1 Å². The van der Waals surface area contributed by atoms with Gasteiger partial charge < -0.3 is 34.0 Å². The number of thioether (sulfide) groups is 1. The molecule has 5 atom stereocenters. The minimum absolute atomic E-state index is 0.00404. The summed E-state index contributed by atoms with van der Waals surface area (Å²) in [5.74, 6) is 1.25. The van der Waals surface area contributed by atoms with Gasteiger partial charge in [0.15, 0.2) is 8.32 Å². The quantitative estimate of drug-likeness (QED) is 0.0598. The third kappa shape index (κ3) is 11.4. The lowest BCUT2D eigenvalue weighted by molar-refractivity contribution is -0.176. The number of azide groups is 1. The van der Waals surface area contributed by atoms with E-state index >= 15 is 0 Å². The number of hydrogen-bond acceptors (Lipinski definition) is 9. The Morgan fingerprint density at radius 2 is 1.93 bits per heavy atom. The van der Waals surface area contributed by atoms with Gasteiger partial charge in [0.05, 0.1) is 38.5 Å². The molecule has 0 radical (unpaired) electrons. The van der Waals surface area contributed by atoms with Gasteiger partial charge in [-0.1, -0.05) is 50.7 Å². The molecule has 0 bridgehead atoms. The molecule has 0 unspecified atom stereocenters. The first-order chi connectivity index (χ1) is 20.4. The van der Waals surface area contributed by atoms with Crippen LogP contribution in [0.5, 0.6) is 5.75 Å². The zero-order valence-corrected chi connectivity index (χ0v) is 28.1. The molecule has 2 rings (SSSR count). The fourth-order valence-corrected chi connectivity index (χ4v) is 6.62. The Kier molecular flexibility index (Phi) is 14.9. The molecule has 14 heteroatoms. The molecule has 1 aliphatic rings. The molecule has 2 amide bonds. The molecule has 2 N–H and O–H groups in total. The van der Waals surface area contributed by atoms with Crippen molar-refractivity contribution in [3.05, 3.63) is 52.9 Å². The molecule has 0 aromatic heterocycles. The lowest BCUT2D eigenvalue weighted by Gasteiger charge is -2.50. The number of hydrogen-bond donors (Lipinski definition) is 2. The van der Waals surface area contributed by atoms with Gasteiger partial charge in [-0.3, -0.25) is 4.79 Å². The number of alkyl carbamates (subject to hydrolysis) is 1. The second-order valence-electron chi connectivity index (χ2n) is 11.6. The summed E-state index contributed by atoms with van der Waals surface area (Å²) in [4.78, 5) is 27.7. The topological polar surface area (TPSA) is 153 Å². The van der Waals surface area contributed by atoms with E-state index in [1.165, 1.54) is 17.8 Å². The minimum Gasteiger partial charge on any atom is -0.497 e. The van der Waals surface area contributed by atoms with Crippen LogP contribution in [0, 0.1) is 0 Å². The average molecular weight is 638 g/mol. The van der Waals surface area contributed by atoms with Crippen molar-refractivity contribution in [2.45, 2.75) is 88.1 Å². The van der Waals surface area contributed by atoms with Crippen molar-refractivity contribution < 1.29 is 33.0 Å². The van der Waals surface area contributed by atoms with Crippen LogP contribution in [0.1, 0.15) is 39.2 Å². The van der Waals surface area contributed by atoms with Gasteiger partial charge in [0.1, 0.15) is 23.9 Å². The van der Waals surface area contributed by atoms with Crippen LogP contribution in [0.4, 0.5) is 4.79 Å². The van der Waals surface area contributed by atoms with Crippen molar-refractivity contribution in [1.82, 2.24) is 10.6 Å². The largest absolute Gasteiger partial charge is 0.497 e. The van der Waals surface area contributed by atoms with Crippen LogP contribution < -0.4 is 15.4 Å². The molecule has 240 valence electrons. The number of carbonyl (C=O) groups excluding carboxylic acids is 2. The molecule has 0 spiro atoms. The average Bonchev–Trinajstić information content (AvgIpc) is 2.97. The molecular formula is C29H47N5O7SSi. The zero-order valence-electron chi connectivity index (χ0n) is 26.3. The first kappa shape index (κ1) is 36.4. The molecule has 12 nitrogen and oxygen atoms in total. The smallest absolute Gasteiger partial charge is 0.407 e. The molecule has 0 aliphatic carbocycles. The van der Waals surface area contributed by atoms with Crippen LogP contribution in [0.2, 0.25) is 18.1 Å². The Bertz CT molecular complexity index is 1100. The number of amides is 2. The molecule has 1 fully saturated rings. The lowest BCUT2D eigenvalue weighted by Crippen LogP contribution is -2.67. The van der Waals surface area contributed by atoms with Gasteiger partial charge in [-0.2, -0.15) is 0 Å². The monoisotopic (exact) mass is 637 g/mol. The Balaban J connectivity index is 2.50. The lowest BCUT2D eigenvalue weighted by atomic mass is 9.97. The number of carbonyl (C=O) groups is 2. The van der Waals surface area contributed by atoms with E-state index in [0.717, 1.165) is 11.3 Å². The molecule has 1 aromatic carbocycles. The highest BCUT2D eigenvalue weighted by Gasteiger charge is 2.52. The standard InChI is InChI=1S/C29H47N5O7SSi/c1-9-16-38-28(36)33-24-26(41-43(7,8)29(2,3)4)25(39-19-20-12-14-21(37-6)15-13-20)22(18-32-34-30)40-27(24)42-17-10-11-23(35)31-5/h9,12-15,22,24-27H,1,10-11,16-19H2,2-8H3,(H,31,35)(H,33,36)/t22-,24-,25-,26-,27+/m1/s1. The fourth-order valence-electron chi connectivity index (χ4n) is 4.11. The van der Waals surface area contributed by atoms with E-state index in [1.807, 2.05) is 24.3 Å². The van der Waals surface area contributed by atoms with Gasteiger partial charge in [0, 0.05) is 18.4 Å². The van der Waals surface area contributed by atoms with Gasteiger partial charge in [0.25, 0.3) is 0 Å². The molecule has 1 saturated heterocycles. The van der Waals surface area contributed by atoms with E-state index in [9.17, 15) is 9.59 Å². The van der Waals surface area contributed by atoms with Crippen molar-refractivity contribution in [3.8, 4) is 5.75 Å². The van der Waals surface area contributed by atoms with Gasteiger partial charge in [0.2, 0.25) is 5.91 Å². The maximum Gasteiger partial charge on any atom is 0.407 e. The maximum atomic E-state index is 12.9. The van der Waals surface area contributed by atoms with E-state index in [1.54, 1.807) is 14.2 Å². The van der Waals surface area contributed by atoms with Gasteiger partial charge in [-0.25, -0.2) is 4.79 Å². The summed E-state index contributed by atoms with van der Waals surface area (Å²) < 4.78 is 30.6. The molecule has 0 saturated carbocycles. The normalized spacial score (nSPS) is 22.2. The first-order valence-corrected chi connectivity index (χ1v) is 18.3. The summed E-state index contributed by atoms with van der Waals surface area (Å²) in [6, 6.07) is 6.83. The number of rotatable bonds is 16. The maximum absolute atomic E-state index is 12.9. The van der Waals surface area contributed by atoms with Crippen molar-refractivity contribution in [2.24, 2.45) is 5.11 Å². The number of benzene rings is 1. The van der Waals surface area contributed by atoms with Crippen LogP contribution >= 0.6 is 11.8 Å². The second-order valence-corrected chi connectivity index (χ2v) is 17.6. The van der Waals surface area contributed by atoms with Gasteiger partial charge in [-0.15, -0.1) is 11.8 Å². The van der Waals surface area contributed by atoms with Gasteiger partial charge >= 0.3 is 6.09 Å². The van der Waals surface area contributed by atoms with Crippen LogP contribution in [0.15, 0.2) is 42.0 Å². The number of methoxy groups -OCH3 is 1. The highest BCUT2D eigenvalue weighted by Crippen LogP contribution is 2.41. The van der Waals surface area contributed by atoms with Crippen molar-refractivity contribution in [1.29, 1.82) is 0 Å². The predicted molar refractivity (Wildman–Crippen MR) is 171 cm³/mol. The van der Waals surface area contributed by atoms with Crippen LogP contribution in [-0.2, 0) is 30.0 Å². The summed E-state index contributed by atoms with van der Waals surface area (Å²) in [5.41, 5.74) is 9.47. The third-order valence-electron chi connectivity index (χ3n) is 7.54. The number of ether oxygens (including phenoxy) is 4. The molecule has 1 heterocycles. The SMILES string of the molecule is C=CCOC(=O)N[C@@H]1[C@@H](O[Si](C)(C)C(C)(C)C)[C@H](OCc2ccc(OC)cc2)[C@@H](CN=[N+]=[N-])O[C@H]1SCCCC(=O)NC. The van der Waals surface area contributed by atoms with Crippen molar-refractivity contribution in [2.75, 3.05) is 33.1 Å². The fraction of sp³-hybridized carbons (Fsp3) is 0.655. The molecular weight excluding hydrogens is 591 g/mol. The Hall–Kier alpha value is -2.74. The van der Waals surface area contributed by atoms with Crippen molar-refractivity contribution >= 4 is 32.1 Å². The molecule has 43 heavy (non-hydrogen) atoms. The Labute approximate surface area is 260 Å². The predicted octanol–water partition coefficient (Wildman–Crippen LogP) is 5.55. The van der Waals surface area contributed by atoms with Gasteiger partial charge in [-0.05, 0) is 53.5 Å². The summed E-state index contributed by atoms with van der Waals surface area (Å²) in [7, 11) is 0.759. The van der Waals surface area contributed by atoms with Crippen molar-refractivity contribution in [3.63, 3.8) is 0 Å². The third-order valence-corrected chi connectivity index (χ3v) is 13.3. The Morgan fingerprint density at radius 1 is 1.23 bits per heavy atom. The number of nitrogens with one attached hydrogen (secondary N) is 2. The Morgan fingerprint density at radius 3 is 2.51 bits per heavy atom. The zero-order chi connectivity index (χ0) is 32.0. The summed E-state index contributed by atoms with van der Waals surface area (Å²) >= 11 is 1.46. The summed E-state index contributed by atoms with van der Waals surface area (Å²) in [6.45, 7) is 14.5. The van der Waals surface area contributed by atoms with E-state index in [4.69, 9.17) is 28.9 Å². The highest BCUT2D eigenvalue weighted by molar-refractivity contribution is 7.99. The number of nitrogens with zero attached hydrogens (tertiary/aromatic N) is 3. The first-order valence-electron chi connectivity index (χ1n) is 14.3. The van der Waals surface area contributed by atoms with Crippen LogP contribution in [-0.4, -0.2) is 83.2 Å². The second kappa shape index (κ2) is 17.5. The summed E-state index contributed by atoms with van der Waals surface area (Å²) in [5, 5.41) is 9.27. The minimum atomic E-state index is -2.45. The molecule has 1 aromatic rings. The van der Waals surface area contributed by atoms with E-state index in [-0.39, 0.29) is 30.7 Å².